The number of carbonyl (C=O) groups is 1. The summed E-state index contributed by atoms with van der Waals surface area (Å²) in [4.78, 5) is 14.1. The maximum Gasteiger partial charge on any atom is 0.410 e. The second kappa shape index (κ2) is 8.88. The number of ether oxygens (including phenoxy) is 2. The van der Waals surface area contributed by atoms with E-state index in [-0.39, 0.29) is 6.09 Å². The minimum absolute atomic E-state index is 0.155. The Bertz CT molecular complexity index is 362. The first kappa shape index (κ1) is 18.5. The summed E-state index contributed by atoms with van der Waals surface area (Å²) in [6, 6.07) is 0. The zero-order valence-corrected chi connectivity index (χ0v) is 15.1. The van der Waals surface area contributed by atoms with Gasteiger partial charge < -0.3 is 19.7 Å². The van der Waals surface area contributed by atoms with Crippen molar-refractivity contribution in [2.24, 2.45) is 11.8 Å². The Hall–Kier alpha value is -0.810. The molecule has 0 saturated carbocycles. The lowest BCUT2D eigenvalue weighted by Gasteiger charge is -2.34. The fraction of sp³-hybridized carbons (Fsp3) is 0.944. The van der Waals surface area contributed by atoms with E-state index in [1.165, 1.54) is 19.3 Å². The molecular weight excluding hydrogens is 292 g/mol. The average Bonchev–Trinajstić information content (AvgIpc) is 2.51. The summed E-state index contributed by atoms with van der Waals surface area (Å²) in [6.45, 7) is 11.4. The Labute approximate surface area is 141 Å². The minimum Gasteiger partial charge on any atom is -0.444 e. The van der Waals surface area contributed by atoms with E-state index in [1.54, 1.807) is 0 Å². The van der Waals surface area contributed by atoms with E-state index in [4.69, 9.17) is 9.47 Å². The molecule has 5 nitrogen and oxygen atoms in total. The minimum atomic E-state index is -0.407. The molecule has 23 heavy (non-hydrogen) atoms. The third-order valence-corrected chi connectivity index (χ3v) is 4.67. The molecule has 2 heterocycles. The van der Waals surface area contributed by atoms with Crippen molar-refractivity contribution in [3.05, 3.63) is 0 Å². The number of amides is 1. The highest BCUT2D eigenvalue weighted by Gasteiger charge is 2.27. The van der Waals surface area contributed by atoms with E-state index < -0.39 is 5.60 Å². The molecule has 134 valence electrons. The van der Waals surface area contributed by atoms with Crippen molar-refractivity contribution in [2.75, 3.05) is 39.4 Å². The molecule has 0 aromatic carbocycles. The van der Waals surface area contributed by atoms with Crippen LogP contribution in [0.5, 0.6) is 0 Å². The number of hydrogen-bond donors (Lipinski definition) is 1. The summed E-state index contributed by atoms with van der Waals surface area (Å²) in [6.07, 6.45) is 5.66. The standard InChI is InChI=1S/C18H34N2O3/c1-18(2,3)23-17(21)20-10-4-5-16(14-20)6-9-19-13-15-7-11-22-12-8-15/h15-16,19H,4-14H2,1-3H3. The summed E-state index contributed by atoms with van der Waals surface area (Å²) in [7, 11) is 0. The van der Waals surface area contributed by atoms with Gasteiger partial charge in [-0.1, -0.05) is 0 Å². The second-order valence-electron chi connectivity index (χ2n) is 7.98. The zero-order valence-electron chi connectivity index (χ0n) is 15.1. The normalized spacial score (nSPS) is 23.8. The maximum absolute atomic E-state index is 12.2. The molecule has 0 radical (unpaired) electrons. The fourth-order valence-corrected chi connectivity index (χ4v) is 3.36. The summed E-state index contributed by atoms with van der Waals surface area (Å²) in [5.41, 5.74) is -0.407. The Morgan fingerprint density at radius 2 is 1.96 bits per heavy atom. The molecule has 2 aliphatic heterocycles. The highest BCUT2D eigenvalue weighted by Crippen LogP contribution is 2.21. The molecule has 0 bridgehead atoms. The predicted octanol–water partition coefficient (Wildman–Crippen LogP) is 3.04. The number of rotatable bonds is 5. The average molecular weight is 326 g/mol. The van der Waals surface area contributed by atoms with E-state index in [0.717, 1.165) is 58.2 Å². The zero-order chi connectivity index (χ0) is 16.7. The smallest absolute Gasteiger partial charge is 0.410 e. The van der Waals surface area contributed by atoms with Gasteiger partial charge in [0.2, 0.25) is 0 Å². The van der Waals surface area contributed by atoms with Gasteiger partial charge in [-0.3, -0.25) is 0 Å². The van der Waals surface area contributed by atoms with Gasteiger partial charge in [0.05, 0.1) is 0 Å². The third kappa shape index (κ3) is 7.08. The fourth-order valence-electron chi connectivity index (χ4n) is 3.36. The molecule has 2 aliphatic rings. The van der Waals surface area contributed by atoms with Gasteiger partial charge in [0.15, 0.2) is 0 Å². The van der Waals surface area contributed by atoms with Crippen molar-refractivity contribution in [1.29, 1.82) is 0 Å². The van der Waals surface area contributed by atoms with Crippen LogP contribution < -0.4 is 5.32 Å². The molecule has 0 aromatic rings. The summed E-state index contributed by atoms with van der Waals surface area (Å²) < 4.78 is 10.9. The van der Waals surface area contributed by atoms with Crippen LogP contribution in [0.15, 0.2) is 0 Å². The topological polar surface area (TPSA) is 50.8 Å². The van der Waals surface area contributed by atoms with Crippen LogP contribution in [0.1, 0.15) is 52.9 Å². The largest absolute Gasteiger partial charge is 0.444 e. The molecule has 1 amide bonds. The molecular formula is C18H34N2O3. The van der Waals surface area contributed by atoms with E-state index in [9.17, 15) is 4.79 Å². The van der Waals surface area contributed by atoms with Gasteiger partial charge in [-0.25, -0.2) is 4.79 Å². The van der Waals surface area contributed by atoms with Crippen LogP contribution in [-0.4, -0.2) is 56.0 Å². The highest BCUT2D eigenvalue weighted by atomic mass is 16.6. The molecule has 1 unspecified atom stereocenters. The maximum atomic E-state index is 12.2. The molecule has 2 saturated heterocycles. The predicted molar refractivity (Wildman–Crippen MR) is 91.6 cm³/mol. The molecule has 0 aliphatic carbocycles. The Morgan fingerprint density at radius 3 is 2.65 bits per heavy atom. The lowest BCUT2D eigenvalue weighted by Crippen LogP contribution is -2.43. The van der Waals surface area contributed by atoms with Gasteiger partial charge >= 0.3 is 6.09 Å². The van der Waals surface area contributed by atoms with Crippen LogP contribution >= 0.6 is 0 Å². The monoisotopic (exact) mass is 326 g/mol. The quantitative estimate of drug-likeness (QED) is 0.789. The first-order valence-electron chi connectivity index (χ1n) is 9.20. The first-order valence-corrected chi connectivity index (χ1v) is 9.20. The molecule has 0 spiro atoms. The Balaban J connectivity index is 1.62. The highest BCUT2D eigenvalue weighted by molar-refractivity contribution is 5.68. The van der Waals surface area contributed by atoms with Crippen LogP contribution in [0.2, 0.25) is 0 Å². The summed E-state index contributed by atoms with van der Waals surface area (Å²) >= 11 is 0. The molecule has 0 aromatic heterocycles. The van der Waals surface area contributed by atoms with Gasteiger partial charge in [-0.2, -0.15) is 0 Å². The van der Waals surface area contributed by atoms with Crippen molar-refractivity contribution in [2.45, 2.75) is 58.5 Å². The number of carbonyl (C=O) groups excluding carboxylic acids is 1. The molecule has 2 rings (SSSR count). The second-order valence-corrected chi connectivity index (χ2v) is 7.98. The van der Waals surface area contributed by atoms with Gasteiger partial charge in [0, 0.05) is 26.3 Å². The Kier molecular flexibility index (Phi) is 7.15. The van der Waals surface area contributed by atoms with Crippen LogP contribution in [-0.2, 0) is 9.47 Å². The van der Waals surface area contributed by atoms with Crippen LogP contribution in [0.4, 0.5) is 4.79 Å². The SMILES string of the molecule is CC(C)(C)OC(=O)N1CCCC(CCNCC2CCOCC2)C1. The van der Waals surface area contributed by atoms with Gasteiger partial charge in [0.25, 0.3) is 0 Å². The van der Waals surface area contributed by atoms with Gasteiger partial charge in [-0.05, 0) is 77.8 Å². The van der Waals surface area contributed by atoms with Gasteiger partial charge in [-0.15, -0.1) is 0 Å². The molecule has 2 fully saturated rings. The van der Waals surface area contributed by atoms with E-state index in [0.29, 0.717) is 5.92 Å². The number of likely N-dealkylation sites (tertiary alicyclic amines) is 1. The summed E-state index contributed by atoms with van der Waals surface area (Å²) in [5.74, 6) is 1.37. The summed E-state index contributed by atoms with van der Waals surface area (Å²) in [5, 5.41) is 3.59. The van der Waals surface area contributed by atoms with Crippen LogP contribution in [0.25, 0.3) is 0 Å². The number of piperidine rings is 1. The number of nitrogens with one attached hydrogen (secondary N) is 1. The van der Waals surface area contributed by atoms with Crippen molar-refractivity contribution < 1.29 is 14.3 Å². The van der Waals surface area contributed by atoms with Crippen molar-refractivity contribution in [1.82, 2.24) is 10.2 Å². The van der Waals surface area contributed by atoms with Crippen LogP contribution in [0, 0.1) is 11.8 Å². The molecule has 1 N–H and O–H groups in total. The first-order chi connectivity index (χ1) is 10.9. The number of nitrogens with zero attached hydrogens (tertiary/aromatic N) is 1. The Morgan fingerprint density at radius 1 is 1.22 bits per heavy atom. The van der Waals surface area contributed by atoms with E-state index in [1.807, 2.05) is 25.7 Å². The van der Waals surface area contributed by atoms with Crippen molar-refractivity contribution in [3.8, 4) is 0 Å². The van der Waals surface area contributed by atoms with Crippen molar-refractivity contribution in [3.63, 3.8) is 0 Å². The molecule has 1 atom stereocenters. The lowest BCUT2D eigenvalue weighted by atomic mass is 9.94. The van der Waals surface area contributed by atoms with Gasteiger partial charge in [0.1, 0.15) is 5.60 Å². The number of hydrogen-bond acceptors (Lipinski definition) is 4. The van der Waals surface area contributed by atoms with E-state index >= 15 is 0 Å². The molecule has 5 heteroatoms. The van der Waals surface area contributed by atoms with E-state index in [2.05, 4.69) is 5.32 Å². The lowest BCUT2D eigenvalue weighted by molar-refractivity contribution is 0.0161. The third-order valence-electron chi connectivity index (χ3n) is 4.67. The van der Waals surface area contributed by atoms with Crippen molar-refractivity contribution >= 4 is 6.09 Å². The van der Waals surface area contributed by atoms with Crippen LogP contribution in [0.3, 0.4) is 0 Å².